The zero-order valence-corrected chi connectivity index (χ0v) is 12.5. The van der Waals surface area contributed by atoms with Crippen LogP contribution in [0.1, 0.15) is 30.6 Å². The molecule has 2 aromatic rings. The third kappa shape index (κ3) is 3.46. The number of fused-ring (bicyclic) bond motifs is 1. The number of rotatable bonds is 6. The van der Waals surface area contributed by atoms with Crippen molar-refractivity contribution in [3.05, 3.63) is 35.6 Å². The third-order valence-electron chi connectivity index (χ3n) is 4.22. The predicted molar refractivity (Wildman–Crippen MR) is 84.1 cm³/mol. The Morgan fingerprint density at radius 3 is 2.76 bits per heavy atom. The van der Waals surface area contributed by atoms with Gasteiger partial charge in [0.25, 0.3) is 0 Å². The molecule has 0 saturated carbocycles. The van der Waals surface area contributed by atoms with Crippen molar-refractivity contribution in [2.24, 2.45) is 5.73 Å². The number of nitrogens with two attached hydrogens (primary N) is 1. The lowest BCUT2D eigenvalue weighted by Gasteiger charge is -2.26. The van der Waals surface area contributed by atoms with Gasteiger partial charge in [0, 0.05) is 24.0 Å². The maximum atomic E-state index is 5.86. The smallest absolute Gasteiger partial charge is 0.135 e. The number of benzene rings is 1. The number of piperidine rings is 1. The Labute approximate surface area is 125 Å². The molecule has 0 bridgehead atoms. The van der Waals surface area contributed by atoms with E-state index in [-0.39, 0.29) is 0 Å². The number of para-hydroxylation sites is 1. The number of likely N-dealkylation sites (tertiary alicyclic amines) is 1. The van der Waals surface area contributed by atoms with Crippen LogP contribution in [0, 0.1) is 0 Å². The van der Waals surface area contributed by atoms with E-state index in [1.807, 2.05) is 18.2 Å². The fourth-order valence-corrected chi connectivity index (χ4v) is 3.03. The highest BCUT2D eigenvalue weighted by atomic mass is 16.5. The number of hydrogen-bond acceptors (Lipinski definition) is 4. The second-order valence-corrected chi connectivity index (χ2v) is 5.66. The van der Waals surface area contributed by atoms with Crippen molar-refractivity contribution >= 4 is 11.0 Å². The first-order valence-corrected chi connectivity index (χ1v) is 7.88. The lowest BCUT2D eigenvalue weighted by Crippen LogP contribution is -2.32. The Morgan fingerprint density at radius 1 is 1.14 bits per heavy atom. The van der Waals surface area contributed by atoms with Gasteiger partial charge in [0.15, 0.2) is 0 Å². The van der Waals surface area contributed by atoms with Crippen LogP contribution in [0.15, 0.2) is 28.7 Å². The van der Waals surface area contributed by atoms with Gasteiger partial charge >= 0.3 is 0 Å². The van der Waals surface area contributed by atoms with Gasteiger partial charge in [0.1, 0.15) is 18.0 Å². The van der Waals surface area contributed by atoms with Crippen LogP contribution in [-0.2, 0) is 17.9 Å². The van der Waals surface area contributed by atoms with E-state index >= 15 is 0 Å². The molecule has 1 aliphatic heterocycles. The monoisotopic (exact) mass is 288 g/mol. The van der Waals surface area contributed by atoms with E-state index in [9.17, 15) is 0 Å². The summed E-state index contributed by atoms with van der Waals surface area (Å²) in [6.07, 6.45) is 4.01. The van der Waals surface area contributed by atoms with Crippen LogP contribution in [0.3, 0.4) is 0 Å². The minimum Gasteiger partial charge on any atom is -0.458 e. The van der Waals surface area contributed by atoms with Crippen molar-refractivity contribution in [3.63, 3.8) is 0 Å². The zero-order valence-electron chi connectivity index (χ0n) is 12.5. The normalized spacial score (nSPS) is 16.6. The fraction of sp³-hybridized carbons (Fsp3) is 0.529. The third-order valence-corrected chi connectivity index (χ3v) is 4.22. The minimum absolute atomic E-state index is 0.488. The van der Waals surface area contributed by atoms with Crippen LogP contribution < -0.4 is 5.73 Å². The number of hydrogen-bond donors (Lipinski definition) is 1. The van der Waals surface area contributed by atoms with Crippen molar-refractivity contribution in [3.8, 4) is 0 Å². The van der Waals surface area contributed by atoms with Gasteiger partial charge in [-0.05, 0) is 32.0 Å². The molecule has 2 heterocycles. The van der Waals surface area contributed by atoms with Gasteiger partial charge in [0.2, 0.25) is 0 Å². The number of ether oxygens (including phenoxy) is 1. The summed E-state index contributed by atoms with van der Waals surface area (Å²) in [6.45, 7) is 5.18. The van der Waals surface area contributed by atoms with E-state index in [1.165, 1.54) is 32.4 Å². The summed E-state index contributed by atoms with van der Waals surface area (Å²) in [7, 11) is 0. The predicted octanol–water partition coefficient (Wildman–Crippen LogP) is 2.89. The first kappa shape index (κ1) is 14.6. The maximum absolute atomic E-state index is 5.86. The second-order valence-electron chi connectivity index (χ2n) is 5.66. The highest BCUT2D eigenvalue weighted by molar-refractivity contribution is 5.82. The van der Waals surface area contributed by atoms with Crippen molar-refractivity contribution in [2.75, 3.05) is 26.2 Å². The van der Waals surface area contributed by atoms with Crippen LogP contribution in [0.5, 0.6) is 0 Å². The van der Waals surface area contributed by atoms with Crippen LogP contribution in [0.2, 0.25) is 0 Å². The topological polar surface area (TPSA) is 51.6 Å². The molecule has 3 rings (SSSR count). The van der Waals surface area contributed by atoms with Crippen molar-refractivity contribution in [1.29, 1.82) is 0 Å². The minimum atomic E-state index is 0.488. The molecule has 0 radical (unpaired) electrons. The SMILES string of the molecule is NCc1c(COCCN2CCCCC2)oc2ccccc12. The summed E-state index contributed by atoms with van der Waals surface area (Å²) in [6, 6.07) is 8.02. The van der Waals surface area contributed by atoms with Gasteiger partial charge in [-0.15, -0.1) is 0 Å². The van der Waals surface area contributed by atoms with Crippen molar-refractivity contribution in [1.82, 2.24) is 4.90 Å². The Balaban J connectivity index is 1.55. The van der Waals surface area contributed by atoms with Gasteiger partial charge in [-0.3, -0.25) is 0 Å². The van der Waals surface area contributed by atoms with E-state index in [2.05, 4.69) is 11.0 Å². The van der Waals surface area contributed by atoms with Crippen molar-refractivity contribution in [2.45, 2.75) is 32.4 Å². The molecule has 0 amide bonds. The Hall–Kier alpha value is -1.36. The summed E-state index contributed by atoms with van der Waals surface area (Å²) in [5.74, 6) is 0.873. The van der Waals surface area contributed by atoms with E-state index < -0.39 is 0 Å². The van der Waals surface area contributed by atoms with E-state index in [1.54, 1.807) is 0 Å². The summed E-state index contributed by atoms with van der Waals surface area (Å²) >= 11 is 0. The van der Waals surface area contributed by atoms with E-state index in [0.29, 0.717) is 13.2 Å². The van der Waals surface area contributed by atoms with Crippen LogP contribution in [0.4, 0.5) is 0 Å². The van der Waals surface area contributed by atoms with E-state index in [4.69, 9.17) is 14.9 Å². The molecule has 1 aromatic heterocycles. The maximum Gasteiger partial charge on any atom is 0.135 e. The van der Waals surface area contributed by atoms with Gasteiger partial charge in [0.05, 0.1) is 6.61 Å². The first-order chi connectivity index (χ1) is 10.4. The molecule has 0 spiro atoms. The average molecular weight is 288 g/mol. The standard InChI is InChI=1S/C17H24N2O2/c18-12-15-14-6-2-3-7-16(14)21-17(15)13-20-11-10-19-8-4-1-5-9-19/h2-3,6-7H,1,4-5,8-13,18H2. The zero-order chi connectivity index (χ0) is 14.5. The summed E-state index contributed by atoms with van der Waals surface area (Å²) in [4.78, 5) is 2.48. The first-order valence-electron chi connectivity index (χ1n) is 7.88. The molecular weight excluding hydrogens is 264 g/mol. The molecule has 2 N–H and O–H groups in total. The highest BCUT2D eigenvalue weighted by Gasteiger charge is 2.13. The summed E-state index contributed by atoms with van der Waals surface area (Å²) in [5, 5.41) is 1.11. The van der Waals surface area contributed by atoms with Crippen LogP contribution in [-0.4, -0.2) is 31.1 Å². The Morgan fingerprint density at radius 2 is 1.95 bits per heavy atom. The number of furan rings is 1. The average Bonchev–Trinajstić information content (AvgIpc) is 2.90. The molecule has 114 valence electrons. The second kappa shape index (κ2) is 7.07. The molecule has 1 fully saturated rings. The molecule has 1 saturated heterocycles. The molecule has 4 nitrogen and oxygen atoms in total. The summed E-state index contributed by atoms with van der Waals surface area (Å²) < 4.78 is 11.7. The Bertz CT molecular complexity index is 573. The molecule has 0 atom stereocenters. The molecule has 1 aliphatic rings. The molecule has 1 aromatic carbocycles. The van der Waals surface area contributed by atoms with Gasteiger partial charge in [-0.25, -0.2) is 0 Å². The lowest BCUT2D eigenvalue weighted by atomic mass is 10.1. The number of nitrogens with zero attached hydrogens (tertiary/aromatic N) is 1. The van der Waals surface area contributed by atoms with Gasteiger partial charge < -0.3 is 19.8 Å². The fourth-order valence-electron chi connectivity index (χ4n) is 3.03. The lowest BCUT2D eigenvalue weighted by molar-refractivity contribution is 0.0767. The molecule has 0 aliphatic carbocycles. The summed E-state index contributed by atoms with van der Waals surface area (Å²) in [5.41, 5.74) is 7.83. The molecule has 4 heteroatoms. The Kier molecular flexibility index (Phi) is 4.91. The molecule has 21 heavy (non-hydrogen) atoms. The van der Waals surface area contributed by atoms with Crippen LogP contribution >= 0.6 is 0 Å². The van der Waals surface area contributed by atoms with E-state index in [0.717, 1.165) is 35.4 Å². The quantitative estimate of drug-likeness (QED) is 0.830. The molecular formula is C17H24N2O2. The van der Waals surface area contributed by atoms with Gasteiger partial charge in [-0.2, -0.15) is 0 Å². The largest absolute Gasteiger partial charge is 0.458 e. The van der Waals surface area contributed by atoms with Gasteiger partial charge in [-0.1, -0.05) is 24.6 Å². The molecule has 0 unspecified atom stereocenters. The van der Waals surface area contributed by atoms with Crippen molar-refractivity contribution < 1.29 is 9.15 Å². The highest BCUT2D eigenvalue weighted by Crippen LogP contribution is 2.25. The van der Waals surface area contributed by atoms with Crippen LogP contribution in [0.25, 0.3) is 11.0 Å².